The average Bonchev–Trinajstić information content (AvgIpc) is 2.30. The van der Waals surface area contributed by atoms with Crippen LogP contribution in [-0.4, -0.2) is 5.54 Å². The third-order valence-corrected chi connectivity index (χ3v) is 6.00. The maximum Gasteiger partial charge on any atom is 0.0488 e. The molecule has 0 heterocycles. The van der Waals surface area contributed by atoms with Gasteiger partial charge in [-0.1, -0.05) is 12.1 Å². The molecule has 0 aliphatic heterocycles. The van der Waals surface area contributed by atoms with Gasteiger partial charge in [-0.2, -0.15) is 0 Å². The van der Waals surface area contributed by atoms with Crippen molar-refractivity contribution in [2.45, 2.75) is 44.1 Å². The molecule has 4 aliphatic carbocycles. The van der Waals surface area contributed by atoms with Gasteiger partial charge in [-0.25, -0.2) is 0 Å². The summed E-state index contributed by atoms with van der Waals surface area (Å²) >= 11 is 3.67. The number of rotatable bonds is 2. The van der Waals surface area contributed by atoms with Gasteiger partial charge in [-0.3, -0.25) is 0 Å². The summed E-state index contributed by atoms with van der Waals surface area (Å²) in [5.74, 6) is 3.02. The zero-order valence-corrected chi connectivity index (χ0v) is 12.2. The molecule has 1 nitrogen and oxygen atoms in total. The van der Waals surface area contributed by atoms with Crippen LogP contribution >= 0.6 is 15.9 Å². The van der Waals surface area contributed by atoms with Crippen LogP contribution in [0.1, 0.15) is 38.5 Å². The van der Waals surface area contributed by atoms with E-state index in [1.54, 1.807) is 0 Å². The van der Waals surface area contributed by atoms with Crippen LogP contribution in [0.2, 0.25) is 0 Å². The fourth-order valence-electron chi connectivity index (χ4n) is 5.11. The Bertz CT molecular complexity index is 433. The molecule has 1 aromatic carbocycles. The van der Waals surface area contributed by atoms with E-state index in [2.05, 4.69) is 45.5 Å². The van der Waals surface area contributed by atoms with E-state index in [1.165, 1.54) is 48.7 Å². The van der Waals surface area contributed by atoms with E-state index in [0.29, 0.717) is 5.54 Å². The van der Waals surface area contributed by atoms with Crippen molar-refractivity contribution in [3.05, 3.63) is 28.7 Å². The molecule has 1 aromatic rings. The summed E-state index contributed by atoms with van der Waals surface area (Å²) in [6.45, 7) is 0. The van der Waals surface area contributed by atoms with Crippen LogP contribution in [0.25, 0.3) is 0 Å². The highest BCUT2D eigenvalue weighted by Crippen LogP contribution is 2.56. The van der Waals surface area contributed by atoms with Gasteiger partial charge in [0.25, 0.3) is 0 Å². The third-order valence-electron chi connectivity index (χ3n) is 5.31. The molecule has 0 amide bonds. The summed E-state index contributed by atoms with van der Waals surface area (Å²) < 4.78 is 1.21. The number of anilines is 1. The third kappa shape index (κ3) is 1.80. The maximum absolute atomic E-state index is 3.91. The van der Waals surface area contributed by atoms with Crippen molar-refractivity contribution < 1.29 is 0 Å². The molecular formula is C16H20BrN. The molecule has 96 valence electrons. The van der Waals surface area contributed by atoms with Crippen LogP contribution in [-0.2, 0) is 0 Å². The second kappa shape index (κ2) is 4.00. The predicted octanol–water partition coefficient (Wildman–Crippen LogP) is 4.83. The monoisotopic (exact) mass is 305 g/mol. The molecule has 0 unspecified atom stereocenters. The molecule has 18 heavy (non-hydrogen) atoms. The van der Waals surface area contributed by atoms with Gasteiger partial charge < -0.3 is 5.32 Å². The summed E-state index contributed by atoms with van der Waals surface area (Å²) in [6.07, 6.45) is 8.74. The fraction of sp³-hybridized carbons (Fsp3) is 0.625. The summed E-state index contributed by atoms with van der Waals surface area (Å²) in [5.41, 5.74) is 1.71. The van der Waals surface area contributed by atoms with Gasteiger partial charge in [-0.15, -0.1) is 0 Å². The number of benzene rings is 1. The van der Waals surface area contributed by atoms with Crippen LogP contribution in [0.5, 0.6) is 0 Å². The van der Waals surface area contributed by atoms with Crippen molar-refractivity contribution in [3.8, 4) is 0 Å². The lowest BCUT2D eigenvalue weighted by Crippen LogP contribution is -2.54. The molecule has 1 N–H and O–H groups in total. The lowest BCUT2D eigenvalue weighted by molar-refractivity contribution is 0.0107. The molecule has 4 fully saturated rings. The van der Waals surface area contributed by atoms with Gasteiger partial charge in [-0.05, 0) is 84.3 Å². The molecule has 4 aliphatic rings. The zero-order valence-electron chi connectivity index (χ0n) is 10.7. The zero-order chi connectivity index (χ0) is 12.2. The highest BCUT2D eigenvalue weighted by atomic mass is 79.9. The summed E-state index contributed by atoms with van der Waals surface area (Å²) in [4.78, 5) is 0. The van der Waals surface area contributed by atoms with E-state index < -0.39 is 0 Å². The van der Waals surface area contributed by atoms with Gasteiger partial charge in [0.2, 0.25) is 0 Å². The number of nitrogens with one attached hydrogen (secondary N) is 1. The van der Waals surface area contributed by atoms with Gasteiger partial charge >= 0.3 is 0 Å². The Hall–Kier alpha value is -0.500. The summed E-state index contributed by atoms with van der Waals surface area (Å²) in [5, 5.41) is 3.91. The smallest absolute Gasteiger partial charge is 0.0488 e. The lowest BCUT2D eigenvalue weighted by Gasteiger charge is -2.57. The van der Waals surface area contributed by atoms with E-state index in [9.17, 15) is 0 Å². The number of hydrogen-bond acceptors (Lipinski definition) is 1. The van der Waals surface area contributed by atoms with Gasteiger partial charge in [0.1, 0.15) is 0 Å². The first-order valence-corrected chi connectivity index (χ1v) is 8.04. The number of halogens is 1. The molecule has 4 bridgehead atoms. The molecular weight excluding hydrogens is 286 g/mol. The lowest BCUT2D eigenvalue weighted by atomic mass is 9.53. The molecule has 4 saturated carbocycles. The SMILES string of the molecule is Brc1ccccc1NC12CC3CC(CC(C3)C1)C2. The van der Waals surface area contributed by atoms with Crippen molar-refractivity contribution in [1.82, 2.24) is 0 Å². The Morgan fingerprint density at radius 1 is 0.944 bits per heavy atom. The second-order valence-electron chi connectivity index (χ2n) is 6.80. The van der Waals surface area contributed by atoms with Crippen LogP contribution in [0.3, 0.4) is 0 Å². The van der Waals surface area contributed by atoms with Gasteiger partial charge in [0.05, 0.1) is 0 Å². The van der Waals surface area contributed by atoms with Crippen LogP contribution in [0.15, 0.2) is 28.7 Å². The standard InChI is InChI=1S/C16H20BrN/c17-14-3-1-2-4-15(14)18-16-8-11-5-12(9-16)7-13(6-11)10-16/h1-4,11-13,18H,5-10H2. The highest BCUT2D eigenvalue weighted by Gasteiger charge is 2.50. The molecule has 0 radical (unpaired) electrons. The quantitative estimate of drug-likeness (QED) is 0.825. The molecule has 2 heteroatoms. The Morgan fingerprint density at radius 3 is 2.06 bits per heavy atom. The molecule has 0 spiro atoms. The van der Waals surface area contributed by atoms with Crippen LogP contribution in [0.4, 0.5) is 5.69 Å². The average molecular weight is 306 g/mol. The predicted molar refractivity (Wildman–Crippen MR) is 78.7 cm³/mol. The van der Waals surface area contributed by atoms with Crippen LogP contribution in [0, 0.1) is 17.8 Å². The molecule has 0 aromatic heterocycles. The first-order chi connectivity index (χ1) is 8.72. The van der Waals surface area contributed by atoms with E-state index in [4.69, 9.17) is 0 Å². The number of hydrogen-bond donors (Lipinski definition) is 1. The second-order valence-corrected chi connectivity index (χ2v) is 7.66. The van der Waals surface area contributed by atoms with Gasteiger partial charge in [0, 0.05) is 15.7 Å². The molecule has 0 saturated heterocycles. The maximum atomic E-state index is 3.91. The Balaban J connectivity index is 1.63. The minimum Gasteiger partial charge on any atom is -0.379 e. The largest absolute Gasteiger partial charge is 0.379 e. The van der Waals surface area contributed by atoms with E-state index in [0.717, 1.165) is 17.8 Å². The summed E-state index contributed by atoms with van der Waals surface area (Å²) in [6, 6.07) is 8.58. The minimum absolute atomic E-state index is 0.415. The number of para-hydroxylation sites is 1. The summed E-state index contributed by atoms with van der Waals surface area (Å²) in [7, 11) is 0. The van der Waals surface area contributed by atoms with Crippen molar-refractivity contribution in [3.63, 3.8) is 0 Å². The van der Waals surface area contributed by atoms with Crippen molar-refractivity contribution in [1.29, 1.82) is 0 Å². The highest BCUT2D eigenvalue weighted by molar-refractivity contribution is 9.10. The Morgan fingerprint density at radius 2 is 1.50 bits per heavy atom. The van der Waals surface area contributed by atoms with Crippen LogP contribution < -0.4 is 5.32 Å². The minimum atomic E-state index is 0.415. The topological polar surface area (TPSA) is 12.0 Å². The molecule has 5 rings (SSSR count). The van der Waals surface area contributed by atoms with Crippen molar-refractivity contribution in [2.24, 2.45) is 17.8 Å². The first kappa shape index (κ1) is 11.3. The Labute approximate surface area is 117 Å². The normalized spacial score (nSPS) is 41.1. The van der Waals surface area contributed by atoms with E-state index >= 15 is 0 Å². The van der Waals surface area contributed by atoms with E-state index in [1.807, 2.05) is 0 Å². The fourth-order valence-corrected chi connectivity index (χ4v) is 5.50. The Kier molecular flexibility index (Phi) is 2.52. The van der Waals surface area contributed by atoms with Crippen molar-refractivity contribution >= 4 is 21.6 Å². The van der Waals surface area contributed by atoms with Crippen molar-refractivity contribution in [2.75, 3.05) is 5.32 Å². The first-order valence-electron chi connectivity index (χ1n) is 7.25. The molecule has 0 atom stereocenters. The van der Waals surface area contributed by atoms with Gasteiger partial charge in [0.15, 0.2) is 0 Å². The van der Waals surface area contributed by atoms with E-state index in [-0.39, 0.29) is 0 Å².